The van der Waals surface area contributed by atoms with Gasteiger partial charge in [-0.2, -0.15) is 5.26 Å². The van der Waals surface area contributed by atoms with Crippen molar-refractivity contribution in [1.29, 1.82) is 5.26 Å². The van der Waals surface area contributed by atoms with Crippen LogP contribution in [0.3, 0.4) is 0 Å². The molecule has 1 aromatic carbocycles. The molecule has 7 nitrogen and oxygen atoms in total. The molecule has 3 heterocycles. The molecule has 7 heteroatoms. The highest BCUT2D eigenvalue weighted by molar-refractivity contribution is 5.90. The zero-order valence-electron chi connectivity index (χ0n) is 18.7. The second kappa shape index (κ2) is 9.03. The summed E-state index contributed by atoms with van der Waals surface area (Å²) < 4.78 is 2.08. The number of aromatic nitrogens is 3. The molecule has 3 aliphatic rings. The number of amides is 1. The van der Waals surface area contributed by atoms with E-state index in [0.717, 1.165) is 64.1 Å². The first-order valence-corrected chi connectivity index (χ1v) is 12.1. The van der Waals surface area contributed by atoms with Crippen molar-refractivity contribution < 1.29 is 4.79 Å². The van der Waals surface area contributed by atoms with Gasteiger partial charge in [-0.3, -0.25) is 9.69 Å². The van der Waals surface area contributed by atoms with E-state index in [1.807, 2.05) is 12.1 Å². The average molecular weight is 433 g/mol. The summed E-state index contributed by atoms with van der Waals surface area (Å²) >= 11 is 0. The predicted octanol–water partition coefficient (Wildman–Crippen LogP) is 3.44. The molecule has 0 bridgehead atoms. The smallest absolute Gasteiger partial charge is 0.289 e. The van der Waals surface area contributed by atoms with Crippen LogP contribution < -0.4 is 5.32 Å². The Labute approximate surface area is 189 Å². The number of fused-ring (bicyclic) bond motifs is 1. The van der Waals surface area contributed by atoms with Crippen LogP contribution >= 0.6 is 0 Å². The van der Waals surface area contributed by atoms with Crippen molar-refractivity contribution in [1.82, 2.24) is 25.0 Å². The molecular weight excluding hydrogens is 400 g/mol. The third kappa shape index (κ3) is 4.42. The van der Waals surface area contributed by atoms with Gasteiger partial charge in [-0.15, -0.1) is 10.2 Å². The molecule has 1 atom stereocenters. The Morgan fingerprint density at radius 1 is 1.09 bits per heavy atom. The average Bonchev–Trinajstić information content (AvgIpc) is 3.37. The van der Waals surface area contributed by atoms with Gasteiger partial charge in [0.25, 0.3) is 5.91 Å². The van der Waals surface area contributed by atoms with Crippen molar-refractivity contribution in [2.75, 3.05) is 13.1 Å². The molecule has 1 spiro atoms. The number of nitriles is 1. The van der Waals surface area contributed by atoms with Crippen LogP contribution in [0.4, 0.5) is 0 Å². The van der Waals surface area contributed by atoms with Gasteiger partial charge in [0.15, 0.2) is 0 Å². The van der Waals surface area contributed by atoms with Crippen molar-refractivity contribution in [2.24, 2.45) is 5.41 Å². The van der Waals surface area contributed by atoms with Gasteiger partial charge in [0.05, 0.1) is 11.6 Å². The number of hydrogen-bond acceptors (Lipinski definition) is 5. The van der Waals surface area contributed by atoms with Crippen molar-refractivity contribution in [3.8, 4) is 6.07 Å². The number of rotatable bonds is 4. The molecule has 32 heavy (non-hydrogen) atoms. The summed E-state index contributed by atoms with van der Waals surface area (Å²) in [6, 6.07) is 10.4. The first-order chi connectivity index (χ1) is 15.6. The molecule has 2 fully saturated rings. The van der Waals surface area contributed by atoms with Crippen LogP contribution in [0.15, 0.2) is 24.3 Å². The van der Waals surface area contributed by atoms with Gasteiger partial charge in [0.2, 0.25) is 5.82 Å². The first-order valence-electron chi connectivity index (χ1n) is 12.1. The molecule has 1 saturated heterocycles. The number of aryl methyl sites for hydroxylation is 1. The summed E-state index contributed by atoms with van der Waals surface area (Å²) in [5.41, 5.74) is 2.25. The molecule has 168 valence electrons. The van der Waals surface area contributed by atoms with E-state index >= 15 is 0 Å². The summed E-state index contributed by atoms with van der Waals surface area (Å²) in [6.07, 6.45) is 10.0. The van der Waals surface area contributed by atoms with E-state index < -0.39 is 0 Å². The normalized spacial score (nSPS) is 24.1. The zero-order valence-corrected chi connectivity index (χ0v) is 18.7. The molecule has 1 N–H and O–H groups in total. The van der Waals surface area contributed by atoms with Gasteiger partial charge in [0, 0.05) is 32.1 Å². The van der Waals surface area contributed by atoms with Gasteiger partial charge in [0.1, 0.15) is 5.82 Å². The number of nitrogens with one attached hydrogen (secondary N) is 1. The van der Waals surface area contributed by atoms with Gasteiger partial charge < -0.3 is 9.88 Å². The minimum absolute atomic E-state index is 0.0551. The van der Waals surface area contributed by atoms with Crippen LogP contribution in [0, 0.1) is 16.7 Å². The number of nitrogens with zero attached hydrogens (tertiary/aromatic N) is 5. The number of hydrogen-bond donors (Lipinski definition) is 1. The third-order valence-corrected chi connectivity index (χ3v) is 7.72. The predicted molar refractivity (Wildman–Crippen MR) is 121 cm³/mol. The lowest BCUT2D eigenvalue weighted by molar-refractivity contribution is 0.0911. The van der Waals surface area contributed by atoms with Gasteiger partial charge >= 0.3 is 0 Å². The minimum Gasteiger partial charge on any atom is -0.347 e. The second-order valence-electron chi connectivity index (χ2n) is 9.92. The van der Waals surface area contributed by atoms with Gasteiger partial charge in [-0.1, -0.05) is 31.4 Å². The summed E-state index contributed by atoms with van der Waals surface area (Å²) in [5, 5.41) is 20.9. The van der Waals surface area contributed by atoms with Crippen LogP contribution in [0.1, 0.15) is 78.9 Å². The highest BCUT2D eigenvalue weighted by Gasteiger charge is 2.40. The number of likely N-dealkylation sites (tertiary alicyclic amines) is 1. The van der Waals surface area contributed by atoms with Crippen LogP contribution in [-0.4, -0.2) is 44.7 Å². The van der Waals surface area contributed by atoms with E-state index in [9.17, 15) is 4.79 Å². The Hall–Kier alpha value is -2.72. The standard InChI is InChI=1S/C25H32N6O/c26-16-19-6-8-20(9-7-19)17-30-14-12-25(18-30)11-10-22-28-29-23(31(22)15-13-25)24(32)27-21-4-2-1-3-5-21/h6-9,21H,1-5,10-15,17-18H2,(H,27,32). The maximum absolute atomic E-state index is 12.9. The topological polar surface area (TPSA) is 86.8 Å². The van der Waals surface area contributed by atoms with Gasteiger partial charge in [-0.25, -0.2) is 0 Å². The Bertz CT molecular complexity index is 1000. The lowest BCUT2D eigenvalue weighted by atomic mass is 9.80. The monoisotopic (exact) mass is 432 g/mol. The molecule has 5 rings (SSSR count). The van der Waals surface area contributed by atoms with E-state index in [1.54, 1.807) is 0 Å². The maximum Gasteiger partial charge on any atom is 0.289 e. The Morgan fingerprint density at radius 2 is 1.88 bits per heavy atom. The van der Waals surface area contributed by atoms with Crippen molar-refractivity contribution in [3.05, 3.63) is 47.0 Å². The fourth-order valence-electron chi connectivity index (χ4n) is 5.78. The van der Waals surface area contributed by atoms with E-state index in [-0.39, 0.29) is 17.4 Å². The summed E-state index contributed by atoms with van der Waals surface area (Å²) in [6.45, 7) is 3.92. The number of benzene rings is 1. The Balaban J connectivity index is 1.21. The van der Waals surface area contributed by atoms with Crippen molar-refractivity contribution >= 4 is 5.91 Å². The quantitative estimate of drug-likeness (QED) is 0.800. The SMILES string of the molecule is N#Cc1ccc(CN2CCC3(CCc4nnc(C(=O)NC5CCCCC5)n4CC3)C2)cc1. The Morgan fingerprint density at radius 3 is 2.66 bits per heavy atom. The zero-order chi connectivity index (χ0) is 22.0. The summed E-state index contributed by atoms with van der Waals surface area (Å²) in [4.78, 5) is 15.4. The fourth-order valence-corrected chi connectivity index (χ4v) is 5.78. The van der Waals surface area contributed by atoms with Crippen molar-refractivity contribution in [3.63, 3.8) is 0 Å². The molecule has 1 aromatic heterocycles. The van der Waals surface area contributed by atoms with Gasteiger partial charge in [-0.05, 0) is 61.8 Å². The summed E-state index contributed by atoms with van der Waals surface area (Å²) in [7, 11) is 0. The molecule has 0 radical (unpaired) electrons. The molecule has 1 aliphatic carbocycles. The fraction of sp³-hybridized carbons (Fsp3) is 0.600. The van der Waals surface area contributed by atoms with E-state index in [2.05, 4.69) is 43.2 Å². The highest BCUT2D eigenvalue weighted by atomic mass is 16.2. The lowest BCUT2D eigenvalue weighted by Gasteiger charge is -2.28. The van der Waals surface area contributed by atoms with Crippen LogP contribution in [-0.2, 0) is 19.5 Å². The largest absolute Gasteiger partial charge is 0.347 e. The summed E-state index contributed by atoms with van der Waals surface area (Å²) in [5.74, 6) is 1.40. The van der Waals surface area contributed by atoms with Crippen LogP contribution in [0.5, 0.6) is 0 Å². The molecule has 1 saturated carbocycles. The van der Waals surface area contributed by atoms with E-state index in [1.165, 1.54) is 31.2 Å². The van der Waals surface area contributed by atoms with Crippen LogP contribution in [0.2, 0.25) is 0 Å². The molecule has 1 unspecified atom stereocenters. The number of carbonyl (C=O) groups excluding carboxylic acids is 1. The van der Waals surface area contributed by atoms with E-state index in [4.69, 9.17) is 5.26 Å². The second-order valence-corrected chi connectivity index (χ2v) is 9.92. The maximum atomic E-state index is 12.9. The minimum atomic E-state index is -0.0551. The highest BCUT2D eigenvalue weighted by Crippen LogP contribution is 2.41. The number of carbonyl (C=O) groups is 1. The first kappa shape index (κ1) is 21.1. The molecular formula is C25H32N6O. The molecule has 1 amide bonds. The molecule has 2 aromatic rings. The van der Waals surface area contributed by atoms with Crippen LogP contribution in [0.25, 0.3) is 0 Å². The van der Waals surface area contributed by atoms with Crippen molar-refractivity contribution in [2.45, 2.75) is 76.9 Å². The lowest BCUT2D eigenvalue weighted by Crippen LogP contribution is -2.37. The Kier molecular flexibility index (Phi) is 5.97. The molecule has 2 aliphatic heterocycles. The third-order valence-electron chi connectivity index (χ3n) is 7.72. The van der Waals surface area contributed by atoms with E-state index in [0.29, 0.717) is 11.4 Å².